The van der Waals surface area contributed by atoms with Gasteiger partial charge in [-0.05, 0) is 52.6 Å². The van der Waals surface area contributed by atoms with Gasteiger partial charge in [-0.25, -0.2) is 9.98 Å². The Morgan fingerprint density at radius 3 is 1.61 bits per heavy atom. The Hall–Kier alpha value is -7.50. The van der Waals surface area contributed by atoms with Gasteiger partial charge in [0.15, 0.2) is 5.84 Å². The maximum absolute atomic E-state index is 5.43. The van der Waals surface area contributed by atoms with E-state index in [0.29, 0.717) is 5.84 Å². The quantitative estimate of drug-likeness (QED) is 0.183. The minimum atomic E-state index is -0.502. The SMILES string of the molecule is c1ccc(C2=NC(n3c4ccccc4c4ccc5c6ccccc6n(-c6ccc(-c7ccccc7)cc6)c5c43)NC(c3cccc(-c4ccccc4)c3)=N2)cc1. The summed E-state index contributed by atoms with van der Waals surface area (Å²) < 4.78 is 4.82. The summed E-state index contributed by atoms with van der Waals surface area (Å²) in [6, 6.07) is 70.9. The molecule has 264 valence electrons. The zero-order chi connectivity index (χ0) is 37.0. The molecule has 5 heteroatoms. The number of nitrogens with one attached hydrogen (secondary N) is 1. The van der Waals surface area contributed by atoms with E-state index in [1.165, 1.54) is 32.7 Å². The second-order valence-corrected chi connectivity index (χ2v) is 14.3. The van der Waals surface area contributed by atoms with E-state index in [-0.39, 0.29) is 0 Å². The molecule has 3 heterocycles. The molecular formula is C51H35N5. The zero-order valence-corrected chi connectivity index (χ0v) is 30.4. The molecule has 1 aliphatic rings. The smallest absolute Gasteiger partial charge is 0.204 e. The number of fused-ring (bicyclic) bond motifs is 7. The van der Waals surface area contributed by atoms with Gasteiger partial charge in [0.1, 0.15) is 5.84 Å². The summed E-state index contributed by atoms with van der Waals surface area (Å²) in [6.45, 7) is 0. The highest BCUT2D eigenvalue weighted by Crippen LogP contribution is 2.42. The van der Waals surface area contributed by atoms with Gasteiger partial charge in [0.25, 0.3) is 0 Å². The van der Waals surface area contributed by atoms with Crippen molar-refractivity contribution in [3.8, 4) is 27.9 Å². The molecule has 0 amide bonds. The van der Waals surface area contributed by atoms with Gasteiger partial charge < -0.3 is 9.88 Å². The number of nitrogens with zero attached hydrogens (tertiary/aromatic N) is 4. The van der Waals surface area contributed by atoms with Gasteiger partial charge >= 0.3 is 0 Å². The third kappa shape index (κ3) is 5.24. The molecule has 0 fully saturated rings. The number of benzene rings is 8. The summed E-state index contributed by atoms with van der Waals surface area (Å²) in [6.07, 6.45) is -0.502. The molecule has 1 atom stereocenters. The molecule has 1 aliphatic heterocycles. The van der Waals surface area contributed by atoms with Crippen LogP contribution in [0.15, 0.2) is 210 Å². The van der Waals surface area contributed by atoms with Gasteiger partial charge in [-0.2, -0.15) is 0 Å². The molecule has 10 aromatic rings. The molecule has 56 heavy (non-hydrogen) atoms. The number of amidine groups is 2. The van der Waals surface area contributed by atoms with Crippen molar-refractivity contribution in [1.29, 1.82) is 0 Å². The summed E-state index contributed by atoms with van der Waals surface area (Å²) in [5, 5.41) is 8.58. The summed E-state index contributed by atoms with van der Waals surface area (Å²) in [7, 11) is 0. The number of hydrogen-bond donors (Lipinski definition) is 1. The third-order valence-corrected chi connectivity index (χ3v) is 11.0. The van der Waals surface area contributed by atoms with Crippen LogP contribution in [0.5, 0.6) is 0 Å². The summed E-state index contributed by atoms with van der Waals surface area (Å²) in [5.74, 6) is 1.46. The van der Waals surface area contributed by atoms with Gasteiger partial charge in [-0.3, -0.25) is 4.57 Å². The minimum Gasteiger partial charge on any atom is -0.331 e. The molecule has 0 radical (unpaired) electrons. The molecular weight excluding hydrogens is 683 g/mol. The Labute approximate surface area is 324 Å². The van der Waals surface area contributed by atoms with Crippen LogP contribution in [-0.4, -0.2) is 20.8 Å². The molecule has 2 aromatic heterocycles. The van der Waals surface area contributed by atoms with Crippen molar-refractivity contribution in [2.24, 2.45) is 9.98 Å². The first kappa shape index (κ1) is 32.0. The fraction of sp³-hybridized carbons (Fsp3) is 0.0196. The van der Waals surface area contributed by atoms with Gasteiger partial charge in [0, 0.05) is 38.4 Å². The highest BCUT2D eigenvalue weighted by Gasteiger charge is 2.27. The van der Waals surface area contributed by atoms with E-state index in [1.54, 1.807) is 0 Å². The fourth-order valence-electron chi connectivity index (χ4n) is 8.40. The number of aliphatic imine (C=N–C) groups is 2. The highest BCUT2D eigenvalue weighted by atomic mass is 15.3. The van der Waals surface area contributed by atoms with Crippen molar-refractivity contribution >= 4 is 55.3 Å². The van der Waals surface area contributed by atoms with E-state index < -0.39 is 6.29 Å². The molecule has 5 nitrogen and oxygen atoms in total. The number of para-hydroxylation sites is 2. The molecule has 0 saturated carbocycles. The number of aromatic nitrogens is 2. The van der Waals surface area contributed by atoms with E-state index in [2.05, 4.69) is 196 Å². The second-order valence-electron chi connectivity index (χ2n) is 14.3. The lowest BCUT2D eigenvalue weighted by Gasteiger charge is -2.26. The topological polar surface area (TPSA) is 46.6 Å². The first-order chi connectivity index (χ1) is 27.8. The first-order valence-corrected chi connectivity index (χ1v) is 19.0. The minimum absolute atomic E-state index is 0.502. The van der Waals surface area contributed by atoms with Crippen LogP contribution in [0.2, 0.25) is 0 Å². The van der Waals surface area contributed by atoms with Crippen molar-refractivity contribution in [2.45, 2.75) is 6.29 Å². The van der Waals surface area contributed by atoms with Crippen molar-refractivity contribution in [2.75, 3.05) is 0 Å². The summed E-state index contributed by atoms with van der Waals surface area (Å²) >= 11 is 0. The van der Waals surface area contributed by atoms with Crippen LogP contribution in [0.3, 0.4) is 0 Å². The van der Waals surface area contributed by atoms with Crippen LogP contribution < -0.4 is 5.32 Å². The van der Waals surface area contributed by atoms with E-state index in [4.69, 9.17) is 9.98 Å². The molecule has 1 N–H and O–H groups in total. The average molecular weight is 718 g/mol. The Kier molecular flexibility index (Phi) is 7.49. The van der Waals surface area contributed by atoms with Gasteiger partial charge in [0.2, 0.25) is 6.29 Å². The highest BCUT2D eigenvalue weighted by molar-refractivity contribution is 6.23. The standard InChI is InChI=1S/C51H35N5/c1-4-15-34(16-5-1)36-27-29-40(30-28-36)55-45-25-12-10-23-41(45)43-31-32-44-42-24-11-13-26-46(42)56(48(44)47(43)55)51-53-49(37-19-8-3-9-20-37)52-50(54-51)39-22-14-21-38(33-39)35-17-6-2-7-18-35/h1-33,51H,(H,52,53,54). The zero-order valence-electron chi connectivity index (χ0n) is 30.4. The van der Waals surface area contributed by atoms with Crippen molar-refractivity contribution in [1.82, 2.24) is 14.5 Å². The molecule has 0 aliphatic carbocycles. The fourth-order valence-corrected chi connectivity index (χ4v) is 8.40. The second kappa shape index (κ2) is 13.1. The third-order valence-electron chi connectivity index (χ3n) is 11.0. The number of rotatable bonds is 6. The van der Waals surface area contributed by atoms with Crippen LogP contribution in [-0.2, 0) is 0 Å². The molecule has 11 rings (SSSR count). The lowest BCUT2D eigenvalue weighted by Crippen LogP contribution is -2.36. The summed E-state index contributed by atoms with van der Waals surface area (Å²) in [4.78, 5) is 10.6. The van der Waals surface area contributed by atoms with Gasteiger partial charge in [0.05, 0.1) is 22.1 Å². The predicted molar refractivity (Wildman–Crippen MR) is 233 cm³/mol. The van der Waals surface area contributed by atoms with Crippen molar-refractivity contribution < 1.29 is 0 Å². The Morgan fingerprint density at radius 2 is 0.911 bits per heavy atom. The molecule has 0 bridgehead atoms. The van der Waals surface area contributed by atoms with Crippen LogP contribution in [0.1, 0.15) is 17.4 Å². The Morgan fingerprint density at radius 1 is 0.393 bits per heavy atom. The Bertz CT molecular complexity index is 3140. The maximum atomic E-state index is 5.43. The normalized spacial score (nSPS) is 14.2. The van der Waals surface area contributed by atoms with E-state index >= 15 is 0 Å². The Balaban J connectivity index is 1.17. The predicted octanol–water partition coefficient (Wildman–Crippen LogP) is 12.2. The van der Waals surface area contributed by atoms with E-state index in [1.807, 2.05) is 18.2 Å². The van der Waals surface area contributed by atoms with Crippen LogP contribution in [0, 0.1) is 0 Å². The first-order valence-electron chi connectivity index (χ1n) is 19.0. The lowest BCUT2D eigenvalue weighted by atomic mass is 10.0. The average Bonchev–Trinajstić information content (AvgIpc) is 3.80. The van der Waals surface area contributed by atoms with Crippen molar-refractivity contribution in [3.05, 3.63) is 211 Å². The van der Waals surface area contributed by atoms with Gasteiger partial charge in [-0.1, -0.05) is 170 Å². The largest absolute Gasteiger partial charge is 0.331 e. The molecule has 1 unspecified atom stereocenters. The van der Waals surface area contributed by atoms with Crippen LogP contribution in [0.25, 0.3) is 71.6 Å². The van der Waals surface area contributed by atoms with E-state index in [9.17, 15) is 0 Å². The van der Waals surface area contributed by atoms with E-state index in [0.717, 1.165) is 55.8 Å². The summed E-state index contributed by atoms with van der Waals surface area (Å²) in [5.41, 5.74) is 12.3. The molecule has 8 aromatic carbocycles. The van der Waals surface area contributed by atoms with Gasteiger partial charge in [-0.15, -0.1) is 0 Å². The lowest BCUT2D eigenvalue weighted by molar-refractivity contribution is 0.516. The monoisotopic (exact) mass is 717 g/mol. The maximum Gasteiger partial charge on any atom is 0.204 e. The van der Waals surface area contributed by atoms with Crippen LogP contribution >= 0.6 is 0 Å². The molecule has 0 spiro atoms. The number of hydrogen-bond acceptors (Lipinski definition) is 3. The molecule has 0 saturated heterocycles. The van der Waals surface area contributed by atoms with Crippen LogP contribution in [0.4, 0.5) is 0 Å². The van der Waals surface area contributed by atoms with Crippen molar-refractivity contribution in [3.63, 3.8) is 0 Å².